The number of nitrogens with one attached hydrogen (secondary N) is 1. The lowest BCUT2D eigenvalue weighted by atomic mass is 10.0. The highest BCUT2D eigenvalue weighted by atomic mass is 35.5. The second kappa shape index (κ2) is 5.59. The number of hydrogen-bond donors (Lipinski definition) is 1. The zero-order valence-corrected chi connectivity index (χ0v) is 12.7. The summed E-state index contributed by atoms with van der Waals surface area (Å²) in [5.74, 6) is 0. The lowest BCUT2D eigenvalue weighted by Crippen LogP contribution is -2.23. The van der Waals surface area contributed by atoms with Crippen LogP contribution in [-0.4, -0.2) is 0 Å². The minimum absolute atomic E-state index is 0.337. The van der Waals surface area contributed by atoms with E-state index in [0.29, 0.717) is 12.1 Å². The van der Waals surface area contributed by atoms with E-state index >= 15 is 0 Å². The monoisotopic (exact) mass is 285 g/mol. The van der Waals surface area contributed by atoms with Crippen molar-refractivity contribution in [1.82, 2.24) is 5.32 Å². The molecule has 104 valence electrons. The number of aryl methyl sites for hydroxylation is 2. The molecule has 0 spiro atoms. The van der Waals surface area contributed by atoms with Crippen LogP contribution in [0.5, 0.6) is 0 Å². The summed E-state index contributed by atoms with van der Waals surface area (Å²) >= 11 is 5.95. The molecule has 0 bridgehead atoms. The van der Waals surface area contributed by atoms with Gasteiger partial charge in [0, 0.05) is 17.1 Å². The maximum atomic E-state index is 5.95. The Hall–Kier alpha value is -1.31. The van der Waals surface area contributed by atoms with Gasteiger partial charge in [0.1, 0.15) is 0 Å². The highest BCUT2D eigenvalue weighted by molar-refractivity contribution is 6.30. The molecule has 0 amide bonds. The molecule has 1 unspecified atom stereocenters. The van der Waals surface area contributed by atoms with E-state index in [1.165, 1.54) is 35.1 Å². The molecule has 0 saturated heterocycles. The van der Waals surface area contributed by atoms with E-state index in [-0.39, 0.29) is 0 Å². The smallest absolute Gasteiger partial charge is 0.0406 e. The quantitative estimate of drug-likeness (QED) is 0.838. The van der Waals surface area contributed by atoms with Gasteiger partial charge in [-0.1, -0.05) is 47.5 Å². The zero-order valence-electron chi connectivity index (χ0n) is 12.0. The number of hydrogen-bond acceptors (Lipinski definition) is 1. The third-order valence-electron chi connectivity index (χ3n) is 4.20. The third-order valence-corrected chi connectivity index (χ3v) is 4.45. The third kappa shape index (κ3) is 2.74. The van der Waals surface area contributed by atoms with Crippen LogP contribution in [0.2, 0.25) is 5.02 Å². The molecule has 1 nitrogen and oxygen atoms in total. The van der Waals surface area contributed by atoms with Crippen LogP contribution in [0, 0.1) is 6.92 Å². The van der Waals surface area contributed by atoms with E-state index in [2.05, 4.69) is 49.5 Å². The maximum Gasteiger partial charge on any atom is 0.0406 e. The Balaban J connectivity index is 1.76. The Bertz CT molecular complexity index is 603. The van der Waals surface area contributed by atoms with Crippen LogP contribution in [0.15, 0.2) is 42.5 Å². The van der Waals surface area contributed by atoms with E-state index in [1.54, 1.807) is 0 Å². The van der Waals surface area contributed by atoms with Crippen molar-refractivity contribution in [2.24, 2.45) is 0 Å². The summed E-state index contributed by atoms with van der Waals surface area (Å²) in [6, 6.07) is 15.7. The van der Waals surface area contributed by atoms with Crippen molar-refractivity contribution in [2.45, 2.75) is 38.8 Å². The van der Waals surface area contributed by atoms with Gasteiger partial charge in [-0.2, -0.15) is 0 Å². The van der Waals surface area contributed by atoms with Gasteiger partial charge in [-0.25, -0.2) is 0 Å². The van der Waals surface area contributed by atoms with Gasteiger partial charge in [0.25, 0.3) is 0 Å². The van der Waals surface area contributed by atoms with Crippen LogP contribution in [0.1, 0.15) is 47.7 Å². The van der Waals surface area contributed by atoms with E-state index in [1.807, 2.05) is 12.1 Å². The summed E-state index contributed by atoms with van der Waals surface area (Å²) in [4.78, 5) is 0. The average Bonchev–Trinajstić information content (AvgIpc) is 2.82. The average molecular weight is 286 g/mol. The van der Waals surface area contributed by atoms with Gasteiger partial charge < -0.3 is 5.32 Å². The molecule has 2 atom stereocenters. The highest BCUT2D eigenvalue weighted by Gasteiger charge is 2.23. The first-order chi connectivity index (χ1) is 9.63. The Kier molecular flexibility index (Phi) is 3.82. The minimum Gasteiger partial charge on any atom is -0.303 e. The predicted octanol–water partition coefficient (Wildman–Crippen LogP) is 4.99. The second-order valence-electron chi connectivity index (χ2n) is 5.73. The van der Waals surface area contributed by atoms with Gasteiger partial charge in [0.15, 0.2) is 0 Å². The lowest BCUT2D eigenvalue weighted by molar-refractivity contribution is 0.465. The molecule has 2 heteroatoms. The first-order valence-corrected chi connectivity index (χ1v) is 7.62. The zero-order chi connectivity index (χ0) is 14.1. The summed E-state index contributed by atoms with van der Waals surface area (Å²) in [7, 11) is 0. The summed E-state index contributed by atoms with van der Waals surface area (Å²) in [5.41, 5.74) is 5.61. The van der Waals surface area contributed by atoms with Crippen LogP contribution >= 0.6 is 11.6 Å². The lowest BCUT2D eigenvalue weighted by Gasteiger charge is -2.21. The molecule has 0 fully saturated rings. The van der Waals surface area contributed by atoms with Crippen LogP contribution in [0.4, 0.5) is 0 Å². The van der Waals surface area contributed by atoms with Gasteiger partial charge in [0.05, 0.1) is 0 Å². The van der Waals surface area contributed by atoms with Crippen molar-refractivity contribution in [3.63, 3.8) is 0 Å². The molecule has 20 heavy (non-hydrogen) atoms. The number of benzene rings is 2. The molecule has 0 radical (unpaired) electrons. The molecule has 0 aliphatic heterocycles. The molecule has 1 aliphatic carbocycles. The van der Waals surface area contributed by atoms with Crippen molar-refractivity contribution in [2.75, 3.05) is 0 Å². The summed E-state index contributed by atoms with van der Waals surface area (Å²) in [6.07, 6.45) is 2.37. The molecule has 1 N–H and O–H groups in total. The van der Waals surface area contributed by atoms with Crippen LogP contribution in [0.25, 0.3) is 0 Å². The van der Waals surface area contributed by atoms with E-state index in [0.717, 1.165) is 5.02 Å². The van der Waals surface area contributed by atoms with Gasteiger partial charge in [-0.3, -0.25) is 0 Å². The van der Waals surface area contributed by atoms with Crippen LogP contribution < -0.4 is 5.32 Å². The summed E-state index contributed by atoms with van der Waals surface area (Å²) in [6.45, 7) is 4.38. The fourth-order valence-electron chi connectivity index (χ4n) is 3.04. The van der Waals surface area contributed by atoms with E-state index in [9.17, 15) is 0 Å². The Labute approximate surface area is 126 Å². The van der Waals surface area contributed by atoms with E-state index < -0.39 is 0 Å². The minimum atomic E-state index is 0.337. The molecule has 0 saturated carbocycles. The van der Waals surface area contributed by atoms with Crippen molar-refractivity contribution in [1.29, 1.82) is 0 Å². The Morgan fingerprint density at radius 2 is 1.90 bits per heavy atom. The summed E-state index contributed by atoms with van der Waals surface area (Å²) < 4.78 is 0. The molecule has 2 aromatic rings. The molecule has 2 aromatic carbocycles. The molecular weight excluding hydrogens is 266 g/mol. The molecule has 3 rings (SSSR count). The van der Waals surface area contributed by atoms with Gasteiger partial charge in [0.2, 0.25) is 0 Å². The van der Waals surface area contributed by atoms with Crippen LogP contribution in [-0.2, 0) is 6.42 Å². The van der Waals surface area contributed by atoms with Crippen molar-refractivity contribution < 1.29 is 0 Å². The van der Waals surface area contributed by atoms with Crippen molar-refractivity contribution >= 4 is 11.6 Å². The topological polar surface area (TPSA) is 12.0 Å². The van der Waals surface area contributed by atoms with Crippen LogP contribution in [0.3, 0.4) is 0 Å². The molecule has 1 aliphatic rings. The Morgan fingerprint density at radius 3 is 2.65 bits per heavy atom. The van der Waals surface area contributed by atoms with Crippen molar-refractivity contribution in [3.8, 4) is 0 Å². The number of fused-ring (bicyclic) bond motifs is 1. The molecule has 0 heterocycles. The summed E-state index contributed by atoms with van der Waals surface area (Å²) in [5, 5.41) is 4.55. The second-order valence-corrected chi connectivity index (χ2v) is 6.17. The SMILES string of the molecule is Cc1ccc2c(c1)C(N[C@@H](C)c1ccc(Cl)cc1)CC2. The predicted molar refractivity (Wildman–Crippen MR) is 85.2 cm³/mol. The first-order valence-electron chi connectivity index (χ1n) is 7.24. The fourth-order valence-corrected chi connectivity index (χ4v) is 3.17. The Morgan fingerprint density at radius 1 is 1.15 bits per heavy atom. The maximum absolute atomic E-state index is 5.95. The normalized spacial score (nSPS) is 18.9. The van der Waals surface area contributed by atoms with E-state index in [4.69, 9.17) is 11.6 Å². The fraction of sp³-hybridized carbons (Fsp3) is 0.333. The standard InChI is InChI=1S/C18H20ClN/c1-12-3-4-15-7-10-18(17(15)11-12)20-13(2)14-5-8-16(19)9-6-14/h3-6,8-9,11,13,18,20H,7,10H2,1-2H3/t13-,18?/m0/s1. The molecule has 0 aromatic heterocycles. The first kappa shape index (κ1) is 13.7. The highest BCUT2D eigenvalue weighted by Crippen LogP contribution is 2.33. The van der Waals surface area contributed by atoms with Gasteiger partial charge in [-0.05, 0) is 55.5 Å². The molecular formula is C18H20ClN. The number of halogens is 1. The van der Waals surface area contributed by atoms with Gasteiger partial charge in [-0.15, -0.1) is 0 Å². The van der Waals surface area contributed by atoms with Gasteiger partial charge >= 0.3 is 0 Å². The van der Waals surface area contributed by atoms with Crippen molar-refractivity contribution in [3.05, 3.63) is 69.7 Å². The largest absolute Gasteiger partial charge is 0.303 e. The number of rotatable bonds is 3.